The molecule has 0 saturated carbocycles. The molecule has 0 heterocycles. The molecule has 0 radical (unpaired) electrons. The molecule has 12 nitrogen and oxygen atoms in total. The minimum absolute atomic E-state index is 0.213. The second-order valence-corrected chi connectivity index (χ2v) is 8.74. The van der Waals surface area contributed by atoms with Crippen molar-refractivity contribution < 1.29 is 34.2 Å². The fourth-order valence-corrected chi connectivity index (χ4v) is 3.11. The smallest absolute Gasteiger partial charge is 0.326 e. The summed E-state index contributed by atoms with van der Waals surface area (Å²) in [7, 11) is 0. The Hall–Kier alpha value is -2.38. The zero-order chi connectivity index (χ0) is 25.0. The third-order valence-electron chi connectivity index (χ3n) is 4.57. The van der Waals surface area contributed by atoms with Crippen molar-refractivity contribution in [3.8, 4) is 0 Å². The number of aliphatic carboxylic acids is 1. The summed E-state index contributed by atoms with van der Waals surface area (Å²) in [6.45, 7) is 4.54. The Labute approximate surface area is 191 Å². The Balaban J connectivity index is 5.30. The van der Waals surface area contributed by atoms with Crippen LogP contribution in [0.4, 0.5) is 0 Å². The molecule has 5 atom stereocenters. The molecule has 0 aromatic carbocycles. The second-order valence-electron chi connectivity index (χ2n) is 7.75. The van der Waals surface area contributed by atoms with E-state index in [0.717, 1.165) is 0 Å². The molecule has 4 amide bonds. The highest BCUT2D eigenvalue weighted by Crippen LogP contribution is 2.07. The van der Waals surface area contributed by atoms with Crippen molar-refractivity contribution in [3.05, 3.63) is 0 Å². The molecule has 9 N–H and O–H groups in total. The molecule has 0 aliphatic carbocycles. The number of hydrogen-bond donors (Lipinski definition) is 7. The predicted molar refractivity (Wildman–Crippen MR) is 119 cm³/mol. The minimum Gasteiger partial charge on any atom is -0.480 e. The number of hydrogen-bond acceptors (Lipinski definition) is 8. The van der Waals surface area contributed by atoms with Gasteiger partial charge in [-0.1, -0.05) is 13.8 Å². The summed E-state index contributed by atoms with van der Waals surface area (Å²) in [5.74, 6) is -4.15. The molecule has 0 saturated heterocycles. The monoisotopic (exact) mass is 477 g/mol. The third kappa shape index (κ3) is 10.8. The van der Waals surface area contributed by atoms with Crippen LogP contribution in [0.5, 0.6) is 0 Å². The van der Waals surface area contributed by atoms with Gasteiger partial charge >= 0.3 is 5.97 Å². The summed E-state index contributed by atoms with van der Waals surface area (Å²) in [6, 6.07) is -4.79. The van der Waals surface area contributed by atoms with Gasteiger partial charge in [0.25, 0.3) is 0 Å². The molecular weight excluding hydrogens is 442 g/mol. The van der Waals surface area contributed by atoms with Gasteiger partial charge in [0, 0.05) is 6.42 Å². The lowest BCUT2D eigenvalue weighted by Crippen LogP contribution is -2.60. The number of carboxylic acid groups (broad SMARTS) is 1. The van der Waals surface area contributed by atoms with Gasteiger partial charge in [-0.25, -0.2) is 4.79 Å². The number of thioether (sulfide) groups is 1. The van der Waals surface area contributed by atoms with Gasteiger partial charge in [0.15, 0.2) is 0 Å². The fourth-order valence-electron chi connectivity index (χ4n) is 2.62. The molecule has 5 unspecified atom stereocenters. The van der Waals surface area contributed by atoms with E-state index in [1.165, 1.54) is 18.7 Å². The van der Waals surface area contributed by atoms with Crippen molar-refractivity contribution in [3.63, 3.8) is 0 Å². The van der Waals surface area contributed by atoms with Crippen molar-refractivity contribution in [2.24, 2.45) is 17.4 Å². The number of nitrogens with one attached hydrogen (secondary N) is 3. The number of aliphatic hydroxyl groups excluding tert-OH is 1. The summed E-state index contributed by atoms with van der Waals surface area (Å²) < 4.78 is 0. The summed E-state index contributed by atoms with van der Waals surface area (Å²) in [6.07, 6.45) is 0.486. The van der Waals surface area contributed by atoms with Gasteiger partial charge in [0.1, 0.15) is 18.1 Å². The Kier molecular flexibility index (Phi) is 13.5. The molecule has 32 heavy (non-hydrogen) atoms. The molecule has 0 aromatic heterocycles. The maximum Gasteiger partial charge on any atom is 0.326 e. The highest BCUT2D eigenvalue weighted by Gasteiger charge is 2.33. The third-order valence-corrected chi connectivity index (χ3v) is 5.22. The van der Waals surface area contributed by atoms with Gasteiger partial charge in [0.05, 0.1) is 12.1 Å². The van der Waals surface area contributed by atoms with Crippen LogP contribution < -0.4 is 27.4 Å². The van der Waals surface area contributed by atoms with Gasteiger partial charge in [-0.05, 0) is 37.7 Å². The van der Waals surface area contributed by atoms with E-state index < -0.39 is 65.8 Å². The molecule has 0 fully saturated rings. The standard InChI is InChI=1S/C19H35N5O7S/c1-9(2)14(17(28)22-12(19(30)31)5-6-13(21)26)23-18(29)15(10(3)25)24-16(27)11(20)7-8-32-4/h9-12,14-15,25H,5-8,20H2,1-4H3,(H2,21,26)(H,22,28)(H,23,29)(H,24,27)(H,30,31). The zero-order valence-corrected chi connectivity index (χ0v) is 19.6. The Morgan fingerprint density at radius 2 is 1.44 bits per heavy atom. The first kappa shape index (κ1) is 29.6. The van der Waals surface area contributed by atoms with Crippen LogP contribution in [-0.4, -0.2) is 82.1 Å². The lowest BCUT2D eigenvalue weighted by Gasteiger charge is -2.28. The van der Waals surface area contributed by atoms with Crippen molar-refractivity contribution in [2.75, 3.05) is 12.0 Å². The number of primary amides is 1. The number of rotatable bonds is 15. The Morgan fingerprint density at radius 3 is 1.88 bits per heavy atom. The van der Waals surface area contributed by atoms with Crippen molar-refractivity contribution in [1.29, 1.82) is 0 Å². The molecule has 184 valence electrons. The fraction of sp³-hybridized carbons (Fsp3) is 0.737. The number of carboxylic acids is 1. The van der Waals surface area contributed by atoms with Crippen LogP contribution in [0, 0.1) is 5.92 Å². The van der Waals surface area contributed by atoms with E-state index in [0.29, 0.717) is 12.2 Å². The zero-order valence-electron chi connectivity index (χ0n) is 18.8. The van der Waals surface area contributed by atoms with Crippen LogP contribution >= 0.6 is 11.8 Å². The van der Waals surface area contributed by atoms with Crippen LogP contribution in [0.1, 0.15) is 40.0 Å². The topological polar surface area (TPSA) is 214 Å². The number of carbonyl (C=O) groups is 5. The Bertz CT molecular complexity index is 674. The SMILES string of the molecule is CSCCC(N)C(=O)NC(C(=O)NC(C(=O)NC(CCC(N)=O)C(=O)O)C(C)C)C(C)O. The molecule has 0 aliphatic rings. The largest absolute Gasteiger partial charge is 0.480 e. The number of nitrogens with two attached hydrogens (primary N) is 2. The highest BCUT2D eigenvalue weighted by molar-refractivity contribution is 7.98. The van der Waals surface area contributed by atoms with E-state index in [-0.39, 0.29) is 12.8 Å². The summed E-state index contributed by atoms with van der Waals surface area (Å²) >= 11 is 1.50. The predicted octanol–water partition coefficient (Wildman–Crippen LogP) is -2.09. The van der Waals surface area contributed by atoms with Gasteiger partial charge in [-0.15, -0.1) is 0 Å². The first-order chi connectivity index (χ1) is 14.8. The van der Waals surface area contributed by atoms with Crippen LogP contribution in [0.15, 0.2) is 0 Å². The molecule has 0 bridgehead atoms. The van der Waals surface area contributed by atoms with E-state index in [4.69, 9.17) is 11.5 Å². The molecule has 0 aromatic rings. The van der Waals surface area contributed by atoms with E-state index in [1.807, 2.05) is 6.26 Å². The van der Waals surface area contributed by atoms with E-state index in [9.17, 15) is 34.2 Å². The second kappa shape index (κ2) is 14.6. The first-order valence-corrected chi connectivity index (χ1v) is 11.6. The first-order valence-electron chi connectivity index (χ1n) is 10.2. The van der Waals surface area contributed by atoms with E-state index in [1.54, 1.807) is 13.8 Å². The van der Waals surface area contributed by atoms with Crippen LogP contribution in [0.25, 0.3) is 0 Å². The molecule has 0 spiro atoms. The summed E-state index contributed by atoms with van der Waals surface area (Å²) in [5.41, 5.74) is 10.8. The van der Waals surface area contributed by atoms with Crippen LogP contribution in [0.3, 0.4) is 0 Å². The normalized spacial score (nSPS) is 15.7. The number of amides is 4. The molecule has 0 rings (SSSR count). The summed E-state index contributed by atoms with van der Waals surface area (Å²) in [5, 5.41) is 26.3. The number of aliphatic hydroxyl groups is 1. The van der Waals surface area contributed by atoms with Crippen molar-refractivity contribution in [1.82, 2.24) is 16.0 Å². The summed E-state index contributed by atoms with van der Waals surface area (Å²) in [4.78, 5) is 59.9. The van der Waals surface area contributed by atoms with Crippen LogP contribution in [0.2, 0.25) is 0 Å². The van der Waals surface area contributed by atoms with Gasteiger partial charge < -0.3 is 37.6 Å². The van der Waals surface area contributed by atoms with Crippen molar-refractivity contribution >= 4 is 41.4 Å². The maximum absolute atomic E-state index is 12.7. The lowest BCUT2D eigenvalue weighted by atomic mass is 10.0. The quantitative estimate of drug-likeness (QED) is 0.137. The molecule has 0 aliphatic heterocycles. The average Bonchev–Trinajstić information content (AvgIpc) is 2.69. The van der Waals surface area contributed by atoms with E-state index in [2.05, 4.69) is 16.0 Å². The molecular formula is C19H35N5O7S. The minimum atomic E-state index is -1.38. The van der Waals surface area contributed by atoms with Gasteiger partial charge in [-0.2, -0.15) is 11.8 Å². The number of carbonyl (C=O) groups excluding carboxylic acids is 4. The van der Waals surface area contributed by atoms with Crippen LogP contribution in [-0.2, 0) is 24.0 Å². The van der Waals surface area contributed by atoms with Gasteiger partial charge in [-0.3, -0.25) is 19.2 Å². The maximum atomic E-state index is 12.7. The van der Waals surface area contributed by atoms with Gasteiger partial charge in [0.2, 0.25) is 23.6 Å². The highest BCUT2D eigenvalue weighted by atomic mass is 32.2. The van der Waals surface area contributed by atoms with E-state index >= 15 is 0 Å². The average molecular weight is 478 g/mol. The van der Waals surface area contributed by atoms with Crippen molar-refractivity contribution in [2.45, 2.75) is 70.3 Å². The lowest BCUT2D eigenvalue weighted by molar-refractivity contribution is -0.143. The molecule has 13 heteroatoms. The Morgan fingerprint density at radius 1 is 0.906 bits per heavy atom.